The maximum absolute atomic E-state index is 11.4. The average molecular weight is 255 g/mol. The zero-order chi connectivity index (χ0) is 12.8. The summed E-state index contributed by atoms with van der Waals surface area (Å²) in [5.74, 6) is 0.476. The Labute approximate surface area is 105 Å². The maximum Gasteiger partial charge on any atom is 0.340 e. The summed E-state index contributed by atoms with van der Waals surface area (Å²) in [5.41, 5.74) is 6.37. The number of thioether (sulfide) groups is 1. The van der Waals surface area contributed by atoms with Crippen LogP contribution in [-0.2, 0) is 4.74 Å². The molecule has 0 atom stereocenters. The van der Waals surface area contributed by atoms with Crippen molar-refractivity contribution in [2.45, 2.75) is 5.03 Å². The molecule has 94 valence electrons. The van der Waals surface area contributed by atoms with E-state index in [4.69, 9.17) is 5.73 Å². The lowest BCUT2D eigenvalue weighted by Gasteiger charge is -2.09. The third-order valence-corrected chi connectivity index (χ3v) is 3.01. The van der Waals surface area contributed by atoms with Crippen LogP contribution in [0.25, 0.3) is 0 Å². The summed E-state index contributed by atoms with van der Waals surface area (Å²) in [4.78, 5) is 17.7. The van der Waals surface area contributed by atoms with Gasteiger partial charge in [-0.15, -0.1) is 11.8 Å². The summed E-state index contributed by atoms with van der Waals surface area (Å²) in [5, 5.41) is 0.779. The number of nitrogen functional groups attached to an aromatic ring is 1. The highest BCUT2D eigenvalue weighted by Gasteiger charge is 2.11. The normalized spacial score (nSPS) is 10.6. The lowest BCUT2D eigenvalue weighted by Crippen LogP contribution is -2.15. The molecule has 1 aromatic rings. The first-order valence-corrected chi connectivity index (χ1v) is 6.14. The molecule has 0 fully saturated rings. The van der Waals surface area contributed by atoms with Gasteiger partial charge in [-0.3, -0.25) is 0 Å². The van der Waals surface area contributed by atoms with Crippen LogP contribution < -0.4 is 5.73 Å². The fraction of sp³-hybridized carbons (Fsp3) is 0.455. The van der Waals surface area contributed by atoms with Crippen molar-refractivity contribution in [3.63, 3.8) is 0 Å². The molecule has 0 aromatic carbocycles. The predicted octanol–water partition coefficient (Wildman–Crippen LogP) is 1.10. The second-order valence-corrected chi connectivity index (χ2v) is 4.87. The molecule has 1 heterocycles. The highest BCUT2D eigenvalue weighted by molar-refractivity contribution is 7.99. The number of pyridine rings is 1. The number of aromatic nitrogens is 1. The van der Waals surface area contributed by atoms with Gasteiger partial charge < -0.3 is 15.4 Å². The number of methoxy groups -OCH3 is 1. The fourth-order valence-corrected chi connectivity index (χ4v) is 2.14. The van der Waals surface area contributed by atoms with E-state index in [2.05, 4.69) is 14.6 Å². The highest BCUT2D eigenvalue weighted by Crippen LogP contribution is 2.20. The monoisotopic (exact) mass is 255 g/mol. The Balaban J connectivity index is 2.71. The number of esters is 1. The number of nitrogens with zero attached hydrogens (tertiary/aromatic N) is 2. The number of carbonyl (C=O) groups is 1. The summed E-state index contributed by atoms with van der Waals surface area (Å²) >= 11 is 1.58. The number of carbonyl (C=O) groups excluding carboxylic acids is 1. The van der Waals surface area contributed by atoms with Gasteiger partial charge in [0.05, 0.1) is 29.6 Å². The van der Waals surface area contributed by atoms with Crippen LogP contribution >= 0.6 is 11.8 Å². The second kappa shape index (κ2) is 6.46. The van der Waals surface area contributed by atoms with Crippen molar-refractivity contribution in [3.8, 4) is 0 Å². The molecule has 0 saturated carbocycles. The molecular weight excluding hydrogens is 238 g/mol. The molecule has 2 N–H and O–H groups in total. The van der Waals surface area contributed by atoms with Crippen LogP contribution in [0.5, 0.6) is 0 Å². The van der Waals surface area contributed by atoms with Crippen LogP contribution in [0.2, 0.25) is 0 Å². The first-order valence-electron chi connectivity index (χ1n) is 5.16. The van der Waals surface area contributed by atoms with Crippen molar-refractivity contribution in [3.05, 3.63) is 17.8 Å². The topological polar surface area (TPSA) is 68.5 Å². The summed E-state index contributed by atoms with van der Waals surface area (Å²) in [6.07, 6.45) is 1.49. The van der Waals surface area contributed by atoms with Crippen LogP contribution in [0.3, 0.4) is 0 Å². The first kappa shape index (κ1) is 13.8. The number of hydrogen-bond donors (Lipinski definition) is 1. The van der Waals surface area contributed by atoms with Crippen molar-refractivity contribution < 1.29 is 9.53 Å². The van der Waals surface area contributed by atoms with Gasteiger partial charge in [-0.25, -0.2) is 9.78 Å². The average Bonchev–Trinajstić information content (AvgIpc) is 2.30. The van der Waals surface area contributed by atoms with Crippen LogP contribution in [0.1, 0.15) is 10.4 Å². The molecule has 17 heavy (non-hydrogen) atoms. The van der Waals surface area contributed by atoms with Crippen molar-refractivity contribution >= 4 is 23.4 Å². The van der Waals surface area contributed by atoms with Gasteiger partial charge in [0, 0.05) is 12.3 Å². The lowest BCUT2D eigenvalue weighted by atomic mass is 10.2. The highest BCUT2D eigenvalue weighted by atomic mass is 32.2. The van der Waals surface area contributed by atoms with E-state index in [0.29, 0.717) is 11.3 Å². The van der Waals surface area contributed by atoms with Crippen molar-refractivity contribution in [1.82, 2.24) is 9.88 Å². The Morgan fingerprint density at radius 3 is 2.88 bits per heavy atom. The molecule has 0 spiro atoms. The van der Waals surface area contributed by atoms with Crippen LogP contribution in [0, 0.1) is 0 Å². The molecule has 5 nitrogen and oxygen atoms in total. The van der Waals surface area contributed by atoms with Crippen molar-refractivity contribution in [2.24, 2.45) is 0 Å². The van der Waals surface area contributed by atoms with Gasteiger partial charge in [-0.05, 0) is 20.2 Å². The van der Waals surface area contributed by atoms with E-state index in [9.17, 15) is 4.79 Å². The number of hydrogen-bond acceptors (Lipinski definition) is 6. The minimum Gasteiger partial charge on any atom is -0.465 e. The van der Waals surface area contributed by atoms with Crippen LogP contribution in [-0.4, -0.2) is 49.4 Å². The molecule has 0 unspecified atom stereocenters. The SMILES string of the molecule is COC(=O)c1cc(SCCN(C)C)ncc1N. The Bertz CT molecular complexity index is 396. The predicted molar refractivity (Wildman–Crippen MR) is 69.3 cm³/mol. The molecular formula is C11H17N3O2S. The third-order valence-electron chi connectivity index (χ3n) is 2.10. The zero-order valence-electron chi connectivity index (χ0n) is 10.3. The van der Waals surface area contributed by atoms with Gasteiger partial charge in [0.25, 0.3) is 0 Å². The molecule has 0 saturated heterocycles. The minimum absolute atomic E-state index is 0.341. The number of ether oxygens (including phenoxy) is 1. The zero-order valence-corrected chi connectivity index (χ0v) is 11.1. The van der Waals surface area contributed by atoms with Gasteiger partial charge in [-0.2, -0.15) is 0 Å². The second-order valence-electron chi connectivity index (χ2n) is 3.75. The molecule has 1 aromatic heterocycles. The molecule has 1 rings (SSSR count). The lowest BCUT2D eigenvalue weighted by molar-refractivity contribution is 0.0601. The summed E-state index contributed by atoms with van der Waals surface area (Å²) in [7, 11) is 5.36. The molecule has 0 radical (unpaired) electrons. The van der Waals surface area contributed by atoms with Crippen LogP contribution in [0.15, 0.2) is 17.3 Å². The smallest absolute Gasteiger partial charge is 0.340 e. The molecule has 0 aliphatic heterocycles. The summed E-state index contributed by atoms with van der Waals surface area (Å²) < 4.78 is 4.65. The van der Waals surface area contributed by atoms with Crippen molar-refractivity contribution in [2.75, 3.05) is 39.2 Å². The van der Waals surface area contributed by atoms with Gasteiger partial charge in [-0.1, -0.05) is 0 Å². The fourth-order valence-electron chi connectivity index (χ4n) is 1.15. The van der Waals surface area contributed by atoms with Gasteiger partial charge >= 0.3 is 5.97 Å². The molecule has 0 amide bonds. The molecule has 0 bridgehead atoms. The Morgan fingerprint density at radius 1 is 1.59 bits per heavy atom. The van der Waals surface area contributed by atoms with Gasteiger partial charge in [0.2, 0.25) is 0 Å². The maximum atomic E-state index is 11.4. The summed E-state index contributed by atoms with van der Waals surface area (Å²) in [6.45, 7) is 0.949. The Kier molecular flexibility index (Phi) is 5.24. The molecule has 0 aliphatic carbocycles. The van der Waals surface area contributed by atoms with E-state index in [0.717, 1.165) is 17.3 Å². The van der Waals surface area contributed by atoms with Crippen molar-refractivity contribution in [1.29, 1.82) is 0 Å². The van der Waals surface area contributed by atoms with Gasteiger partial charge in [0.15, 0.2) is 0 Å². The van der Waals surface area contributed by atoms with E-state index in [1.807, 2.05) is 14.1 Å². The number of rotatable bonds is 5. The van der Waals surface area contributed by atoms with E-state index < -0.39 is 5.97 Å². The van der Waals surface area contributed by atoms with E-state index >= 15 is 0 Å². The number of anilines is 1. The first-order chi connectivity index (χ1) is 8.04. The minimum atomic E-state index is -0.431. The van der Waals surface area contributed by atoms with Crippen LogP contribution in [0.4, 0.5) is 5.69 Å². The number of nitrogens with two attached hydrogens (primary N) is 1. The molecule has 6 heteroatoms. The summed E-state index contributed by atoms with van der Waals surface area (Å²) in [6, 6.07) is 1.67. The van der Waals surface area contributed by atoms with E-state index in [1.165, 1.54) is 13.3 Å². The largest absolute Gasteiger partial charge is 0.465 e. The Morgan fingerprint density at radius 2 is 2.29 bits per heavy atom. The standard InChI is InChI=1S/C11H17N3O2S/c1-14(2)4-5-17-10-6-8(11(15)16-3)9(12)7-13-10/h6-7H,4-5,12H2,1-3H3. The van der Waals surface area contributed by atoms with E-state index in [-0.39, 0.29) is 0 Å². The van der Waals surface area contributed by atoms with E-state index in [1.54, 1.807) is 17.8 Å². The molecule has 0 aliphatic rings. The quantitative estimate of drug-likeness (QED) is 0.628. The third kappa shape index (κ3) is 4.24. The van der Waals surface area contributed by atoms with Gasteiger partial charge in [0.1, 0.15) is 0 Å². The Hall–Kier alpha value is -1.27.